The van der Waals surface area contributed by atoms with Gasteiger partial charge in [0.1, 0.15) is 6.61 Å². The summed E-state index contributed by atoms with van der Waals surface area (Å²) in [7, 11) is 1.57. The lowest BCUT2D eigenvalue weighted by molar-refractivity contribution is -0.123. The fourth-order valence-electron chi connectivity index (χ4n) is 1.87. The van der Waals surface area contributed by atoms with Gasteiger partial charge in [0, 0.05) is 13.0 Å². The van der Waals surface area contributed by atoms with Crippen LogP contribution in [0.4, 0.5) is 0 Å². The number of Topliss-reactive ketones (excluding diaryl/α,β-unsaturated/α-hetero) is 1. The Bertz CT molecular complexity index is 318. The molecule has 0 saturated heterocycles. The standard InChI is InChI=1S/C12H14O2/c1-14-8-12(13)11-7-10(11)9-5-3-2-4-6-9/h2-6,10-11H,7-8H2,1H3. The number of ketones is 1. The molecule has 2 unspecified atom stereocenters. The fraction of sp³-hybridized carbons (Fsp3) is 0.417. The number of carbonyl (C=O) groups is 1. The van der Waals surface area contributed by atoms with Gasteiger partial charge in [0.2, 0.25) is 0 Å². The van der Waals surface area contributed by atoms with Crippen molar-refractivity contribution in [2.45, 2.75) is 12.3 Å². The van der Waals surface area contributed by atoms with Crippen LogP contribution in [0.1, 0.15) is 17.9 Å². The van der Waals surface area contributed by atoms with Crippen LogP contribution in [0.3, 0.4) is 0 Å². The van der Waals surface area contributed by atoms with Crippen molar-refractivity contribution in [1.29, 1.82) is 0 Å². The summed E-state index contributed by atoms with van der Waals surface area (Å²) in [5.74, 6) is 0.887. The number of hydrogen-bond donors (Lipinski definition) is 0. The van der Waals surface area contributed by atoms with Crippen molar-refractivity contribution >= 4 is 5.78 Å². The van der Waals surface area contributed by atoms with E-state index in [4.69, 9.17) is 4.74 Å². The van der Waals surface area contributed by atoms with Gasteiger partial charge in [-0.15, -0.1) is 0 Å². The molecule has 2 nitrogen and oxygen atoms in total. The maximum Gasteiger partial charge on any atom is 0.162 e. The summed E-state index contributed by atoms with van der Waals surface area (Å²) in [6.45, 7) is 0.258. The van der Waals surface area contributed by atoms with Gasteiger partial charge in [-0.2, -0.15) is 0 Å². The molecule has 2 heteroatoms. The average Bonchev–Trinajstić information content (AvgIpc) is 2.99. The molecule has 0 radical (unpaired) electrons. The Morgan fingerprint density at radius 2 is 2.14 bits per heavy atom. The first-order valence-electron chi connectivity index (χ1n) is 4.89. The molecule has 0 N–H and O–H groups in total. The Morgan fingerprint density at radius 3 is 2.79 bits per heavy atom. The van der Waals surface area contributed by atoms with Gasteiger partial charge in [0.05, 0.1) is 0 Å². The van der Waals surface area contributed by atoms with Gasteiger partial charge in [-0.1, -0.05) is 30.3 Å². The summed E-state index contributed by atoms with van der Waals surface area (Å²) in [5, 5.41) is 0. The minimum absolute atomic E-state index is 0.206. The number of hydrogen-bond acceptors (Lipinski definition) is 2. The molecule has 14 heavy (non-hydrogen) atoms. The van der Waals surface area contributed by atoms with E-state index < -0.39 is 0 Å². The normalized spacial score (nSPS) is 24.6. The van der Waals surface area contributed by atoms with E-state index in [0.717, 1.165) is 6.42 Å². The molecule has 2 atom stereocenters. The van der Waals surface area contributed by atoms with Crippen LogP contribution in [0.15, 0.2) is 30.3 Å². The van der Waals surface area contributed by atoms with Gasteiger partial charge in [0.25, 0.3) is 0 Å². The van der Waals surface area contributed by atoms with Crippen LogP contribution in [-0.2, 0) is 9.53 Å². The van der Waals surface area contributed by atoms with E-state index in [9.17, 15) is 4.79 Å². The van der Waals surface area contributed by atoms with Gasteiger partial charge < -0.3 is 4.74 Å². The molecule has 2 rings (SSSR count). The molecular formula is C12H14O2. The van der Waals surface area contributed by atoms with Crippen molar-refractivity contribution in [3.05, 3.63) is 35.9 Å². The fourth-order valence-corrected chi connectivity index (χ4v) is 1.87. The average molecular weight is 190 g/mol. The molecule has 0 heterocycles. The molecule has 0 bridgehead atoms. The van der Waals surface area contributed by atoms with E-state index >= 15 is 0 Å². The lowest BCUT2D eigenvalue weighted by Gasteiger charge is -1.99. The molecule has 1 fully saturated rings. The molecule has 0 spiro atoms. The van der Waals surface area contributed by atoms with Gasteiger partial charge in [0.15, 0.2) is 5.78 Å². The number of ether oxygens (including phenoxy) is 1. The van der Waals surface area contributed by atoms with Crippen LogP contribution in [0.2, 0.25) is 0 Å². The van der Waals surface area contributed by atoms with Crippen molar-refractivity contribution in [3.8, 4) is 0 Å². The van der Waals surface area contributed by atoms with E-state index in [-0.39, 0.29) is 18.3 Å². The molecule has 1 aliphatic carbocycles. The Morgan fingerprint density at radius 1 is 1.43 bits per heavy atom. The minimum atomic E-state index is 0.206. The summed E-state index contributed by atoms with van der Waals surface area (Å²) in [4.78, 5) is 11.5. The van der Waals surface area contributed by atoms with Crippen molar-refractivity contribution in [2.75, 3.05) is 13.7 Å². The Labute approximate surface area is 83.9 Å². The molecule has 1 aliphatic rings. The molecular weight excluding hydrogens is 176 g/mol. The molecule has 1 aromatic rings. The van der Waals surface area contributed by atoms with E-state index in [2.05, 4.69) is 12.1 Å². The zero-order chi connectivity index (χ0) is 9.97. The topological polar surface area (TPSA) is 26.3 Å². The summed E-state index contributed by atoms with van der Waals surface area (Å²) in [6, 6.07) is 10.2. The zero-order valence-corrected chi connectivity index (χ0v) is 8.27. The SMILES string of the molecule is COCC(=O)C1CC1c1ccccc1. The molecule has 74 valence electrons. The Hall–Kier alpha value is -1.15. The second kappa shape index (κ2) is 3.93. The van der Waals surface area contributed by atoms with Crippen LogP contribution in [-0.4, -0.2) is 19.5 Å². The first-order chi connectivity index (χ1) is 6.83. The number of rotatable bonds is 4. The van der Waals surface area contributed by atoms with E-state index in [1.807, 2.05) is 18.2 Å². The highest BCUT2D eigenvalue weighted by atomic mass is 16.5. The van der Waals surface area contributed by atoms with Gasteiger partial charge >= 0.3 is 0 Å². The van der Waals surface area contributed by atoms with Crippen molar-refractivity contribution < 1.29 is 9.53 Å². The number of benzene rings is 1. The molecule has 0 amide bonds. The summed E-state index contributed by atoms with van der Waals surface area (Å²) in [6.07, 6.45) is 0.992. The summed E-state index contributed by atoms with van der Waals surface area (Å²) < 4.78 is 4.84. The van der Waals surface area contributed by atoms with Gasteiger partial charge in [-0.3, -0.25) is 4.79 Å². The predicted octanol–water partition coefficient (Wildman–Crippen LogP) is 2.01. The highest BCUT2D eigenvalue weighted by molar-refractivity contribution is 5.86. The first-order valence-corrected chi connectivity index (χ1v) is 4.89. The highest BCUT2D eigenvalue weighted by Crippen LogP contribution is 2.47. The van der Waals surface area contributed by atoms with E-state index in [1.165, 1.54) is 5.56 Å². The third kappa shape index (κ3) is 1.85. The van der Waals surface area contributed by atoms with Crippen LogP contribution in [0, 0.1) is 5.92 Å². The first kappa shape index (κ1) is 9.41. The van der Waals surface area contributed by atoms with Crippen molar-refractivity contribution in [2.24, 2.45) is 5.92 Å². The van der Waals surface area contributed by atoms with E-state index in [0.29, 0.717) is 5.92 Å². The monoisotopic (exact) mass is 190 g/mol. The van der Waals surface area contributed by atoms with Crippen molar-refractivity contribution in [3.63, 3.8) is 0 Å². The van der Waals surface area contributed by atoms with Gasteiger partial charge in [-0.05, 0) is 17.9 Å². The second-order valence-electron chi connectivity index (χ2n) is 3.76. The van der Waals surface area contributed by atoms with Crippen molar-refractivity contribution in [1.82, 2.24) is 0 Å². The third-order valence-corrected chi connectivity index (χ3v) is 2.72. The third-order valence-electron chi connectivity index (χ3n) is 2.72. The number of carbonyl (C=O) groups excluding carboxylic acids is 1. The Kier molecular flexibility index (Phi) is 2.64. The molecule has 1 saturated carbocycles. The molecule has 0 aromatic heterocycles. The van der Waals surface area contributed by atoms with Crippen LogP contribution in [0.5, 0.6) is 0 Å². The highest BCUT2D eigenvalue weighted by Gasteiger charge is 2.43. The summed E-state index contributed by atoms with van der Waals surface area (Å²) in [5.41, 5.74) is 1.28. The maximum absolute atomic E-state index is 11.5. The predicted molar refractivity (Wildman–Crippen MR) is 54.2 cm³/mol. The zero-order valence-electron chi connectivity index (χ0n) is 8.27. The largest absolute Gasteiger partial charge is 0.377 e. The smallest absolute Gasteiger partial charge is 0.162 e. The minimum Gasteiger partial charge on any atom is -0.377 e. The van der Waals surface area contributed by atoms with Crippen LogP contribution < -0.4 is 0 Å². The summed E-state index contributed by atoms with van der Waals surface area (Å²) >= 11 is 0. The number of methoxy groups -OCH3 is 1. The maximum atomic E-state index is 11.5. The Balaban J connectivity index is 1.96. The van der Waals surface area contributed by atoms with Crippen LogP contribution in [0.25, 0.3) is 0 Å². The molecule has 1 aromatic carbocycles. The lowest BCUT2D eigenvalue weighted by atomic mass is 10.1. The quantitative estimate of drug-likeness (QED) is 0.726. The molecule has 0 aliphatic heterocycles. The second-order valence-corrected chi connectivity index (χ2v) is 3.76. The van der Waals surface area contributed by atoms with Gasteiger partial charge in [-0.25, -0.2) is 0 Å². The lowest BCUT2D eigenvalue weighted by Crippen LogP contribution is -2.09. The van der Waals surface area contributed by atoms with E-state index in [1.54, 1.807) is 7.11 Å². The van der Waals surface area contributed by atoms with Crippen LogP contribution >= 0.6 is 0 Å².